The molecule has 0 saturated carbocycles. The van der Waals surface area contributed by atoms with E-state index < -0.39 is 5.97 Å². The predicted molar refractivity (Wildman–Crippen MR) is 107 cm³/mol. The summed E-state index contributed by atoms with van der Waals surface area (Å²) in [4.78, 5) is 29.3. The fraction of sp³-hybridized carbons (Fsp3) is 0.350. The highest BCUT2D eigenvalue weighted by atomic mass is 32.1. The molecule has 0 aliphatic rings. The fourth-order valence-electron chi connectivity index (χ4n) is 2.61. The van der Waals surface area contributed by atoms with E-state index in [1.807, 2.05) is 19.9 Å². The molecule has 0 radical (unpaired) electrons. The van der Waals surface area contributed by atoms with Crippen LogP contribution in [0, 0.1) is 12.8 Å². The minimum absolute atomic E-state index is 0.117. The van der Waals surface area contributed by atoms with Gasteiger partial charge in [-0.1, -0.05) is 25.2 Å². The van der Waals surface area contributed by atoms with E-state index >= 15 is 0 Å². The van der Waals surface area contributed by atoms with E-state index in [2.05, 4.69) is 10.3 Å². The number of rotatable bonds is 7. The molecule has 8 heteroatoms. The summed E-state index contributed by atoms with van der Waals surface area (Å²) >= 11 is 1.11. The number of nitrogens with one attached hydrogen (secondary N) is 1. The topological polar surface area (TPSA) is 90.7 Å². The molecule has 3 aromatic rings. The van der Waals surface area contributed by atoms with Crippen LogP contribution < -0.4 is 10.1 Å². The smallest absolute Gasteiger partial charge is 0.350 e. The molecule has 7 nitrogen and oxygen atoms in total. The zero-order valence-electron chi connectivity index (χ0n) is 16.2. The van der Waals surface area contributed by atoms with E-state index in [1.165, 1.54) is 0 Å². The second-order valence-electron chi connectivity index (χ2n) is 6.77. The number of hydrogen-bond acceptors (Lipinski definition) is 7. The van der Waals surface area contributed by atoms with Crippen LogP contribution in [-0.4, -0.2) is 30.6 Å². The van der Waals surface area contributed by atoms with Crippen molar-refractivity contribution in [2.75, 3.05) is 19.0 Å². The van der Waals surface area contributed by atoms with Crippen molar-refractivity contribution in [1.82, 2.24) is 4.98 Å². The van der Waals surface area contributed by atoms with Gasteiger partial charge in [0.2, 0.25) is 5.91 Å². The number of esters is 1. The Hall–Kier alpha value is -2.87. The van der Waals surface area contributed by atoms with E-state index in [4.69, 9.17) is 13.9 Å². The van der Waals surface area contributed by atoms with Gasteiger partial charge in [-0.15, -0.1) is 0 Å². The number of anilines is 1. The number of carbonyl (C=O) groups excluding carboxylic acids is 2. The molecular weight excluding hydrogens is 380 g/mol. The monoisotopic (exact) mass is 402 g/mol. The number of thiazole rings is 1. The Morgan fingerprint density at radius 3 is 2.82 bits per heavy atom. The minimum atomic E-state index is -0.419. The van der Waals surface area contributed by atoms with Crippen LogP contribution >= 0.6 is 11.3 Å². The highest BCUT2D eigenvalue weighted by molar-refractivity contribution is 7.17. The fourth-order valence-corrected chi connectivity index (χ4v) is 3.48. The van der Waals surface area contributed by atoms with Gasteiger partial charge in [0.05, 0.1) is 32.1 Å². The van der Waals surface area contributed by atoms with Gasteiger partial charge in [-0.25, -0.2) is 9.78 Å². The van der Waals surface area contributed by atoms with Crippen LogP contribution in [-0.2, 0) is 16.0 Å². The van der Waals surface area contributed by atoms with Gasteiger partial charge in [0.1, 0.15) is 16.2 Å². The molecule has 0 saturated heterocycles. The van der Waals surface area contributed by atoms with Crippen LogP contribution in [0.1, 0.15) is 34.8 Å². The number of carbonyl (C=O) groups is 2. The van der Waals surface area contributed by atoms with Crippen molar-refractivity contribution in [1.29, 1.82) is 0 Å². The lowest BCUT2D eigenvalue weighted by molar-refractivity contribution is -0.115. The Bertz CT molecular complexity index is 1010. The van der Waals surface area contributed by atoms with Crippen molar-refractivity contribution < 1.29 is 23.5 Å². The number of fused-ring (bicyclic) bond motifs is 1. The van der Waals surface area contributed by atoms with Gasteiger partial charge < -0.3 is 19.2 Å². The zero-order valence-corrected chi connectivity index (χ0v) is 17.0. The first-order valence-corrected chi connectivity index (χ1v) is 9.67. The highest BCUT2D eigenvalue weighted by Crippen LogP contribution is 2.27. The van der Waals surface area contributed by atoms with E-state index in [0.717, 1.165) is 22.3 Å². The van der Waals surface area contributed by atoms with Gasteiger partial charge in [-0.3, -0.25) is 4.79 Å². The van der Waals surface area contributed by atoms with Crippen LogP contribution in [0.5, 0.6) is 5.75 Å². The van der Waals surface area contributed by atoms with Crippen molar-refractivity contribution >= 4 is 39.3 Å². The number of benzene rings is 1. The number of aromatic nitrogens is 1. The Morgan fingerprint density at radius 1 is 1.32 bits per heavy atom. The molecular formula is C20H22N2O5S. The highest BCUT2D eigenvalue weighted by Gasteiger charge is 2.19. The lowest BCUT2D eigenvalue weighted by atomic mass is 10.1. The number of ether oxygens (including phenoxy) is 2. The van der Waals surface area contributed by atoms with Gasteiger partial charge in [-0.05, 0) is 31.0 Å². The van der Waals surface area contributed by atoms with Crippen LogP contribution in [0.2, 0.25) is 0 Å². The van der Waals surface area contributed by atoms with Crippen molar-refractivity contribution in [3.8, 4) is 5.75 Å². The summed E-state index contributed by atoms with van der Waals surface area (Å²) in [6, 6.07) is 5.43. The minimum Gasteiger partial charge on any atom is -0.497 e. The van der Waals surface area contributed by atoms with Crippen LogP contribution in [0.25, 0.3) is 11.0 Å². The van der Waals surface area contributed by atoms with Gasteiger partial charge in [-0.2, -0.15) is 0 Å². The molecule has 1 amide bonds. The van der Waals surface area contributed by atoms with E-state index in [-0.39, 0.29) is 18.2 Å². The summed E-state index contributed by atoms with van der Waals surface area (Å²) in [5.41, 5.74) is 1.97. The SMILES string of the molecule is COc1ccc2occ(CC(=O)Nc3nc(C)c(C(=O)OCC(C)C)s3)c2c1. The molecule has 0 atom stereocenters. The molecule has 3 rings (SSSR count). The second-order valence-corrected chi connectivity index (χ2v) is 7.77. The quantitative estimate of drug-likeness (QED) is 0.596. The Balaban J connectivity index is 1.69. The number of aryl methyl sites for hydroxylation is 1. The van der Waals surface area contributed by atoms with Crippen LogP contribution in [0.3, 0.4) is 0 Å². The third-order valence-corrected chi connectivity index (χ3v) is 5.04. The number of amides is 1. The van der Waals surface area contributed by atoms with Crippen molar-refractivity contribution in [3.63, 3.8) is 0 Å². The van der Waals surface area contributed by atoms with Crippen LogP contribution in [0.4, 0.5) is 5.13 Å². The van der Waals surface area contributed by atoms with Crippen molar-refractivity contribution in [2.45, 2.75) is 27.2 Å². The third kappa shape index (κ3) is 4.51. The number of nitrogens with zero attached hydrogens (tertiary/aromatic N) is 1. The normalized spacial score (nSPS) is 11.0. The summed E-state index contributed by atoms with van der Waals surface area (Å²) in [5, 5.41) is 3.93. The molecule has 0 fully saturated rings. The largest absolute Gasteiger partial charge is 0.497 e. The van der Waals surface area contributed by atoms with Gasteiger partial charge >= 0.3 is 5.97 Å². The first-order valence-electron chi connectivity index (χ1n) is 8.86. The molecule has 2 heterocycles. The summed E-state index contributed by atoms with van der Waals surface area (Å²) in [7, 11) is 1.59. The standard InChI is InChI=1S/C20H22N2O5S/c1-11(2)9-27-19(24)18-12(3)21-20(28-18)22-17(23)7-13-10-26-16-6-5-14(25-4)8-15(13)16/h5-6,8,10-11H,7,9H2,1-4H3,(H,21,22,23). The average Bonchev–Trinajstić information content (AvgIpc) is 3.22. The van der Waals surface area contributed by atoms with Crippen molar-refractivity contribution in [3.05, 3.63) is 40.6 Å². The Morgan fingerprint density at radius 2 is 2.11 bits per heavy atom. The van der Waals surface area contributed by atoms with Crippen LogP contribution in [0.15, 0.2) is 28.9 Å². The molecule has 1 N–H and O–H groups in total. The van der Waals surface area contributed by atoms with Crippen molar-refractivity contribution in [2.24, 2.45) is 5.92 Å². The number of methoxy groups -OCH3 is 1. The first-order chi connectivity index (χ1) is 13.4. The molecule has 1 aromatic carbocycles. The van der Waals surface area contributed by atoms with E-state index in [9.17, 15) is 9.59 Å². The summed E-state index contributed by atoms with van der Waals surface area (Å²) in [5.74, 6) is 0.272. The number of furan rings is 1. The van der Waals surface area contributed by atoms with Gasteiger partial charge in [0, 0.05) is 10.9 Å². The molecule has 28 heavy (non-hydrogen) atoms. The molecule has 0 aliphatic carbocycles. The summed E-state index contributed by atoms with van der Waals surface area (Å²) < 4.78 is 16.0. The maximum Gasteiger partial charge on any atom is 0.350 e. The Labute approximate surface area is 166 Å². The molecule has 0 spiro atoms. The predicted octanol–water partition coefficient (Wildman–Crippen LogP) is 4.20. The lowest BCUT2D eigenvalue weighted by Gasteiger charge is -2.05. The molecule has 0 bridgehead atoms. The maximum atomic E-state index is 12.4. The summed E-state index contributed by atoms with van der Waals surface area (Å²) in [6.07, 6.45) is 1.68. The third-order valence-electron chi connectivity index (χ3n) is 3.99. The molecule has 0 unspecified atom stereocenters. The maximum absolute atomic E-state index is 12.4. The summed E-state index contributed by atoms with van der Waals surface area (Å²) in [6.45, 7) is 5.99. The second kappa shape index (κ2) is 8.43. The molecule has 2 aromatic heterocycles. The van der Waals surface area contributed by atoms with E-state index in [0.29, 0.717) is 33.6 Å². The average molecular weight is 402 g/mol. The first kappa shape index (κ1) is 19.9. The molecule has 148 valence electrons. The lowest BCUT2D eigenvalue weighted by Crippen LogP contribution is -2.14. The van der Waals surface area contributed by atoms with Gasteiger partial charge in [0.25, 0.3) is 0 Å². The Kier molecular flexibility index (Phi) is 5.99. The zero-order chi connectivity index (χ0) is 20.3. The number of hydrogen-bond donors (Lipinski definition) is 1. The van der Waals surface area contributed by atoms with Gasteiger partial charge in [0.15, 0.2) is 5.13 Å². The molecule has 0 aliphatic heterocycles. The van der Waals surface area contributed by atoms with E-state index in [1.54, 1.807) is 32.4 Å².